The molecule has 0 unspecified atom stereocenters. The van der Waals surface area contributed by atoms with Gasteiger partial charge in [-0.15, -0.1) is 11.3 Å². The summed E-state index contributed by atoms with van der Waals surface area (Å²) in [6, 6.07) is 3.48. The van der Waals surface area contributed by atoms with Gasteiger partial charge in [0.2, 0.25) is 11.8 Å². The molecule has 1 saturated carbocycles. The Labute approximate surface area is 208 Å². The van der Waals surface area contributed by atoms with Crippen LogP contribution in [0.1, 0.15) is 56.1 Å². The summed E-state index contributed by atoms with van der Waals surface area (Å²) in [6.45, 7) is 7.08. The molecule has 0 bridgehead atoms. The molecule has 3 amide bonds. The molecule has 0 radical (unpaired) electrons. The number of rotatable bonds is 7. The second kappa shape index (κ2) is 10.2. The van der Waals surface area contributed by atoms with Crippen LogP contribution < -0.4 is 15.8 Å². The molecule has 35 heavy (non-hydrogen) atoms. The zero-order valence-electron chi connectivity index (χ0n) is 20.2. The lowest BCUT2D eigenvalue weighted by atomic mass is 9.98. The highest BCUT2D eigenvalue weighted by Crippen LogP contribution is 2.34. The molecule has 2 aromatic rings. The van der Waals surface area contributed by atoms with Crippen molar-refractivity contribution < 1.29 is 23.9 Å². The number of likely N-dealkylation sites (tertiary alicyclic amines) is 1. The van der Waals surface area contributed by atoms with E-state index in [0.717, 1.165) is 37.0 Å². The molecule has 11 heteroatoms. The first-order valence-electron chi connectivity index (χ1n) is 11.8. The summed E-state index contributed by atoms with van der Waals surface area (Å²) in [4.78, 5) is 47.0. The highest BCUT2D eigenvalue weighted by Gasteiger charge is 2.30. The maximum atomic E-state index is 12.3. The average Bonchev–Trinajstić information content (AvgIpc) is 3.56. The molecule has 1 aliphatic heterocycles. The van der Waals surface area contributed by atoms with Gasteiger partial charge in [0.05, 0.1) is 6.61 Å². The average molecular weight is 502 g/mol. The van der Waals surface area contributed by atoms with Crippen molar-refractivity contribution >= 4 is 35.1 Å². The number of carbonyl (C=O) groups excluding carboxylic acids is 3. The van der Waals surface area contributed by atoms with E-state index in [0.29, 0.717) is 36.1 Å². The first-order chi connectivity index (χ1) is 16.6. The fraction of sp³-hybridized carbons (Fsp3) is 0.542. The summed E-state index contributed by atoms with van der Waals surface area (Å²) in [7, 11) is 0. The van der Waals surface area contributed by atoms with Gasteiger partial charge in [-0.1, -0.05) is 0 Å². The van der Waals surface area contributed by atoms with E-state index in [9.17, 15) is 14.4 Å². The van der Waals surface area contributed by atoms with E-state index in [-0.39, 0.29) is 34.6 Å². The Morgan fingerprint density at radius 1 is 1.20 bits per heavy atom. The maximum Gasteiger partial charge on any atom is 0.410 e. The minimum atomic E-state index is -0.611. The van der Waals surface area contributed by atoms with Crippen LogP contribution in [0.15, 0.2) is 18.3 Å². The summed E-state index contributed by atoms with van der Waals surface area (Å²) < 4.78 is 11.4. The quantitative estimate of drug-likeness (QED) is 0.590. The SMILES string of the molecule is CC(C)(C)OC(=O)N1CCC(COc2nc(-c3ccnc(NC(=O)C4CC4)c3)sc2C(N)=O)CC1. The Morgan fingerprint density at radius 3 is 2.54 bits per heavy atom. The number of aromatic nitrogens is 2. The van der Waals surface area contributed by atoms with E-state index in [1.807, 2.05) is 20.8 Å². The number of amides is 3. The van der Waals surface area contributed by atoms with Crippen LogP contribution in [0.2, 0.25) is 0 Å². The lowest BCUT2D eigenvalue weighted by Crippen LogP contribution is -2.42. The van der Waals surface area contributed by atoms with Gasteiger partial charge >= 0.3 is 6.09 Å². The zero-order chi connectivity index (χ0) is 25.2. The number of pyridine rings is 1. The van der Waals surface area contributed by atoms with Crippen LogP contribution in [-0.4, -0.2) is 58.1 Å². The molecule has 2 fully saturated rings. The molecule has 4 rings (SSSR count). The lowest BCUT2D eigenvalue weighted by molar-refractivity contribution is -0.117. The van der Waals surface area contributed by atoms with Crippen LogP contribution in [-0.2, 0) is 9.53 Å². The van der Waals surface area contributed by atoms with Gasteiger partial charge in [0.1, 0.15) is 16.4 Å². The van der Waals surface area contributed by atoms with Crippen molar-refractivity contribution in [2.24, 2.45) is 17.6 Å². The largest absolute Gasteiger partial charge is 0.476 e. The van der Waals surface area contributed by atoms with Gasteiger partial charge in [-0.05, 0) is 64.5 Å². The third kappa shape index (κ3) is 6.68. The third-order valence-corrected chi connectivity index (χ3v) is 6.85. The van der Waals surface area contributed by atoms with E-state index >= 15 is 0 Å². The Hall–Kier alpha value is -3.21. The highest BCUT2D eigenvalue weighted by atomic mass is 32.1. The van der Waals surface area contributed by atoms with Gasteiger partial charge in [-0.3, -0.25) is 9.59 Å². The standard InChI is InChI=1S/C24H31N5O5S/c1-24(2,3)34-23(32)29-10-7-14(8-11-29)13-33-21-18(19(25)30)35-22(28-21)16-6-9-26-17(12-16)27-20(31)15-4-5-15/h6,9,12,14-15H,4-5,7-8,10-11,13H2,1-3H3,(H2,25,30)(H,26,27,31). The molecule has 2 aliphatic rings. The van der Waals surface area contributed by atoms with E-state index in [1.165, 1.54) is 0 Å². The summed E-state index contributed by atoms with van der Waals surface area (Å²) in [5.74, 6) is 0.276. The minimum Gasteiger partial charge on any atom is -0.476 e. The molecular weight excluding hydrogens is 470 g/mol. The van der Waals surface area contributed by atoms with Gasteiger partial charge in [-0.2, -0.15) is 0 Å². The predicted molar refractivity (Wildman–Crippen MR) is 131 cm³/mol. The number of nitrogens with zero attached hydrogens (tertiary/aromatic N) is 3. The molecule has 3 heterocycles. The second-order valence-corrected chi connectivity index (χ2v) is 10.9. The van der Waals surface area contributed by atoms with E-state index in [2.05, 4.69) is 15.3 Å². The molecule has 0 spiro atoms. The number of nitrogens with two attached hydrogens (primary N) is 1. The molecule has 0 atom stereocenters. The van der Waals surface area contributed by atoms with Crippen molar-refractivity contribution in [3.05, 3.63) is 23.2 Å². The number of nitrogens with one attached hydrogen (secondary N) is 1. The number of hydrogen-bond acceptors (Lipinski definition) is 8. The van der Waals surface area contributed by atoms with E-state index in [4.69, 9.17) is 15.2 Å². The number of primary amides is 1. The molecule has 188 valence electrons. The predicted octanol–water partition coefficient (Wildman–Crippen LogP) is 3.68. The van der Waals surface area contributed by atoms with E-state index in [1.54, 1.807) is 23.2 Å². The van der Waals surface area contributed by atoms with Crippen LogP contribution in [0, 0.1) is 11.8 Å². The lowest BCUT2D eigenvalue weighted by Gasteiger charge is -2.33. The van der Waals surface area contributed by atoms with Crippen LogP contribution in [0.3, 0.4) is 0 Å². The van der Waals surface area contributed by atoms with Crippen LogP contribution >= 0.6 is 11.3 Å². The number of anilines is 1. The van der Waals surface area contributed by atoms with Crippen molar-refractivity contribution in [2.75, 3.05) is 25.0 Å². The van der Waals surface area contributed by atoms with Gasteiger partial charge in [-0.25, -0.2) is 14.8 Å². The van der Waals surface area contributed by atoms with Crippen LogP contribution in [0.4, 0.5) is 10.6 Å². The van der Waals surface area contributed by atoms with E-state index < -0.39 is 11.5 Å². The molecular formula is C24H31N5O5S. The first-order valence-corrected chi connectivity index (χ1v) is 12.6. The Kier molecular flexibility index (Phi) is 7.25. The zero-order valence-corrected chi connectivity index (χ0v) is 21.0. The number of hydrogen-bond donors (Lipinski definition) is 2. The smallest absolute Gasteiger partial charge is 0.410 e. The molecule has 10 nitrogen and oxygen atoms in total. The summed E-state index contributed by atoms with van der Waals surface area (Å²) in [5.41, 5.74) is 5.76. The van der Waals surface area contributed by atoms with Crippen molar-refractivity contribution in [1.29, 1.82) is 0 Å². The fourth-order valence-corrected chi connectivity index (χ4v) is 4.55. The third-order valence-electron chi connectivity index (χ3n) is 5.75. The van der Waals surface area contributed by atoms with Crippen molar-refractivity contribution in [3.8, 4) is 16.5 Å². The second-order valence-electron chi connectivity index (χ2n) is 9.93. The van der Waals surface area contributed by atoms with Gasteiger partial charge in [0, 0.05) is 30.8 Å². The van der Waals surface area contributed by atoms with Crippen LogP contribution in [0.5, 0.6) is 5.88 Å². The number of ether oxygens (including phenoxy) is 2. The molecule has 0 aromatic carbocycles. The van der Waals surface area contributed by atoms with Gasteiger partial charge < -0.3 is 25.4 Å². The first kappa shape index (κ1) is 24.9. The van der Waals surface area contributed by atoms with Crippen molar-refractivity contribution in [3.63, 3.8) is 0 Å². The summed E-state index contributed by atoms with van der Waals surface area (Å²) >= 11 is 1.14. The topological polar surface area (TPSA) is 137 Å². The van der Waals surface area contributed by atoms with Crippen molar-refractivity contribution in [2.45, 2.75) is 52.1 Å². The maximum absolute atomic E-state index is 12.3. The Morgan fingerprint density at radius 2 is 1.91 bits per heavy atom. The molecule has 1 saturated heterocycles. The molecule has 1 aliphatic carbocycles. The Bertz CT molecular complexity index is 1100. The number of thiazole rings is 1. The Balaban J connectivity index is 1.37. The summed E-state index contributed by atoms with van der Waals surface area (Å²) in [5, 5.41) is 3.37. The van der Waals surface area contributed by atoms with Crippen molar-refractivity contribution in [1.82, 2.24) is 14.9 Å². The summed E-state index contributed by atoms with van der Waals surface area (Å²) in [6.07, 6.45) is 4.61. The monoisotopic (exact) mass is 501 g/mol. The fourth-order valence-electron chi connectivity index (χ4n) is 3.69. The normalized spacial score (nSPS) is 16.6. The highest BCUT2D eigenvalue weighted by molar-refractivity contribution is 7.17. The van der Waals surface area contributed by atoms with Gasteiger partial charge in [0.25, 0.3) is 5.91 Å². The number of carbonyl (C=O) groups is 3. The van der Waals surface area contributed by atoms with Crippen LogP contribution in [0.25, 0.3) is 10.6 Å². The molecule has 2 aromatic heterocycles. The minimum absolute atomic E-state index is 0.0339. The van der Waals surface area contributed by atoms with Gasteiger partial charge in [0.15, 0.2) is 4.88 Å². The number of piperidine rings is 1. The molecule has 3 N–H and O–H groups in total.